The first-order valence-electron chi connectivity index (χ1n) is 9.04. The van der Waals surface area contributed by atoms with Gasteiger partial charge in [-0.05, 0) is 30.3 Å². The van der Waals surface area contributed by atoms with Gasteiger partial charge >= 0.3 is 0 Å². The summed E-state index contributed by atoms with van der Waals surface area (Å²) >= 11 is 23.5. The third-order valence-corrected chi connectivity index (χ3v) is 4.69. The number of carbonyl (C=O) groups is 1. The fraction of sp³-hybridized carbons (Fsp3) is 0.238. The van der Waals surface area contributed by atoms with E-state index in [-0.39, 0.29) is 22.6 Å². The molecule has 1 N–H and O–H groups in total. The van der Waals surface area contributed by atoms with Gasteiger partial charge in [-0.3, -0.25) is 4.79 Å². The molecule has 0 aliphatic heterocycles. The maximum Gasteiger partial charge on any atom is 0.182 e. The van der Waals surface area contributed by atoms with Crippen molar-refractivity contribution in [3.05, 3.63) is 62.6 Å². The van der Waals surface area contributed by atoms with E-state index in [1.165, 1.54) is 13.0 Å². The van der Waals surface area contributed by atoms with Crippen LogP contribution in [0.25, 0.3) is 0 Å². The number of hydrogen-bond donors (Lipinski definition) is 1. The number of benzene rings is 2. The summed E-state index contributed by atoms with van der Waals surface area (Å²) in [6, 6.07) is 9.82. The van der Waals surface area contributed by atoms with Gasteiger partial charge < -0.3 is 19.4 Å². The van der Waals surface area contributed by atoms with Crippen molar-refractivity contribution in [2.75, 3.05) is 19.8 Å². The van der Waals surface area contributed by atoms with Gasteiger partial charge in [-0.2, -0.15) is 0 Å². The number of Topliss-reactive ketones (excluding diaryl/α,β-unsaturated/α-hetero) is 1. The SMILES string of the molecule is CC(=O)/C(=N\O)c1ccc(OCCCOc2c(Cl)cc(OCC=C(Cl)Cl)cc2Cl)cc1. The summed E-state index contributed by atoms with van der Waals surface area (Å²) in [5.41, 5.74) is 0.494. The predicted octanol–water partition coefficient (Wildman–Crippen LogP) is 6.31. The predicted molar refractivity (Wildman–Crippen MR) is 123 cm³/mol. The Morgan fingerprint density at radius 1 is 1.00 bits per heavy atom. The van der Waals surface area contributed by atoms with Crippen LogP contribution >= 0.6 is 46.4 Å². The van der Waals surface area contributed by atoms with Gasteiger partial charge in [0.1, 0.15) is 22.6 Å². The normalized spacial score (nSPS) is 11.1. The first kappa shape index (κ1) is 25.1. The van der Waals surface area contributed by atoms with Crippen molar-refractivity contribution < 1.29 is 24.2 Å². The Morgan fingerprint density at radius 2 is 1.61 bits per heavy atom. The molecule has 0 unspecified atom stereocenters. The molecule has 10 heteroatoms. The van der Waals surface area contributed by atoms with Crippen molar-refractivity contribution >= 4 is 57.9 Å². The molecule has 0 saturated heterocycles. The van der Waals surface area contributed by atoms with E-state index in [2.05, 4.69) is 5.16 Å². The summed E-state index contributed by atoms with van der Waals surface area (Å²) in [5, 5.41) is 12.5. The molecule has 0 amide bonds. The molecule has 0 bridgehead atoms. The third kappa shape index (κ3) is 8.15. The number of ketones is 1. The number of oxime groups is 1. The van der Waals surface area contributed by atoms with Gasteiger partial charge in [0.15, 0.2) is 17.2 Å². The largest absolute Gasteiger partial charge is 0.493 e. The van der Waals surface area contributed by atoms with E-state index in [1.807, 2.05) is 0 Å². The standard InChI is InChI=1S/C21H19Cl4NO5/c1-13(27)20(26-28)14-3-5-15(6-4-14)29-8-2-9-31-21-17(22)11-16(12-18(21)23)30-10-7-19(24)25/h3-7,11-12,28H,2,8-10H2,1H3/b26-20+. The number of carbonyl (C=O) groups excluding carboxylic acids is 1. The molecule has 0 radical (unpaired) electrons. The lowest BCUT2D eigenvalue weighted by atomic mass is 10.1. The topological polar surface area (TPSA) is 77.4 Å². The Kier molecular flexibility index (Phi) is 10.3. The van der Waals surface area contributed by atoms with Gasteiger partial charge in [-0.25, -0.2) is 0 Å². The van der Waals surface area contributed by atoms with Crippen LogP contribution in [-0.4, -0.2) is 36.5 Å². The van der Waals surface area contributed by atoms with Crippen LogP contribution in [0.2, 0.25) is 10.0 Å². The fourth-order valence-corrected chi connectivity index (χ4v) is 3.12. The molecular weight excluding hydrogens is 488 g/mol. The second kappa shape index (κ2) is 12.7. The number of ether oxygens (including phenoxy) is 3. The molecule has 2 aromatic rings. The van der Waals surface area contributed by atoms with Crippen LogP contribution in [0.3, 0.4) is 0 Å². The number of rotatable bonds is 11. The molecule has 0 aromatic heterocycles. The van der Waals surface area contributed by atoms with Crippen LogP contribution in [0.15, 0.2) is 52.1 Å². The first-order chi connectivity index (χ1) is 14.8. The summed E-state index contributed by atoms with van der Waals surface area (Å²) in [6.07, 6.45) is 2.06. The summed E-state index contributed by atoms with van der Waals surface area (Å²) in [6.45, 7) is 2.22. The second-order valence-corrected chi connectivity index (χ2v) is 7.92. The van der Waals surface area contributed by atoms with Crippen LogP contribution < -0.4 is 14.2 Å². The highest BCUT2D eigenvalue weighted by atomic mass is 35.5. The van der Waals surface area contributed by atoms with Crippen molar-refractivity contribution in [1.82, 2.24) is 0 Å². The van der Waals surface area contributed by atoms with Gasteiger partial charge in [0, 0.05) is 31.0 Å². The van der Waals surface area contributed by atoms with E-state index >= 15 is 0 Å². The molecule has 166 valence electrons. The van der Waals surface area contributed by atoms with Crippen molar-refractivity contribution in [3.63, 3.8) is 0 Å². The fourth-order valence-electron chi connectivity index (χ4n) is 2.42. The van der Waals surface area contributed by atoms with Gasteiger partial charge in [-0.15, -0.1) is 0 Å². The molecular formula is C21H19Cl4NO5. The van der Waals surface area contributed by atoms with Crippen molar-refractivity contribution in [1.29, 1.82) is 0 Å². The number of halogens is 4. The van der Waals surface area contributed by atoms with Crippen molar-refractivity contribution in [2.45, 2.75) is 13.3 Å². The molecule has 31 heavy (non-hydrogen) atoms. The molecule has 6 nitrogen and oxygen atoms in total. The maximum atomic E-state index is 11.4. The molecule has 2 rings (SSSR count). The molecule has 0 aliphatic carbocycles. The molecule has 2 aromatic carbocycles. The van der Waals surface area contributed by atoms with Gasteiger partial charge in [-0.1, -0.05) is 51.6 Å². The zero-order valence-electron chi connectivity index (χ0n) is 16.4. The highest BCUT2D eigenvalue weighted by Gasteiger charge is 2.11. The average Bonchev–Trinajstić information content (AvgIpc) is 2.70. The Balaban J connectivity index is 1.81. The summed E-state index contributed by atoms with van der Waals surface area (Å²) < 4.78 is 16.8. The minimum absolute atomic E-state index is 0.00978. The van der Waals surface area contributed by atoms with Crippen LogP contribution in [0.1, 0.15) is 18.9 Å². The lowest BCUT2D eigenvalue weighted by molar-refractivity contribution is -0.111. The summed E-state index contributed by atoms with van der Waals surface area (Å²) in [5.74, 6) is 1.08. The highest BCUT2D eigenvalue weighted by molar-refractivity contribution is 6.55. The Bertz CT molecular complexity index is 934. The van der Waals surface area contributed by atoms with Gasteiger partial charge in [0.05, 0.1) is 23.3 Å². The second-order valence-electron chi connectivity index (χ2n) is 6.10. The molecule has 0 aliphatic rings. The molecule has 0 spiro atoms. The van der Waals surface area contributed by atoms with Crippen LogP contribution in [0, 0.1) is 0 Å². The van der Waals surface area contributed by atoms with E-state index < -0.39 is 0 Å². The summed E-state index contributed by atoms with van der Waals surface area (Å²) in [7, 11) is 0. The Hall–Kier alpha value is -2.12. The lowest BCUT2D eigenvalue weighted by Gasteiger charge is -2.12. The zero-order chi connectivity index (χ0) is 22.8. The highest BCUT2D eigenvalue weighted by Crippen LogP contribution is 2.37. The molecule has 0 atom stereocenters. The zero-order valence-corrected chi connectivity index (χ0v) is 19.4. The van der Waals surface area contributed by atoms with E-state index in [0.717, 1.165) is 0 Å². The maximum absolute atomic E-state index is 11.4. The van der Waals surface area contributed by atoms with E-state index in [1.54, 1.807) is 36.4 Å². The minimum Gasteiger partial charge on any atom is -0.493 e. The lowest BCUT2D eigenvalue weighted by Crippen LogP contribution is -2.11. The van der Waals surface area contributed by atoms with Crippen molar-refractivity contribution in [3.8, 4) is 17.2 Å². The van der Waals surface area contributed by atoms with E-state index in [0.29, 0.717) is 52.5 Å². The van der Waals surface area contributed by atoms with Crippen molar-refractivity contribution in [2.24, 2.45) is 5.16 Å². The van der Waals surface area contributed by atoms with Gasteiger partial charge in [0.2, 0.25) is 0 Å². The quantitative estimate of drug-likeness (QED) is 0.167. The van der Waals surface area contributed by atoms with E-state index in [9.17, 15) is 4.79 Å². The van der Waals surface area contributed by atoms with Crippen LogP contribution in [0.5, 0.6) is 17.2 Å². The monoisotopic (exact) mass is 505 g/mol. The number of nitrogens with zero attached hydrogens (tertiary/aromatic N) is 1. The smallest absolute Gasteiger partial charge is 0.182 e. The third-order valence-electron chi connectivity index (χ3n) is 3.82. The Morgan fingerprint density at radius 3 is 2.16 bits per heavy atom. The van der Waals surface area contributed by atoms with E-state index in [4.69, 9.17) is 65.8 Å². The van der Waals surface area contributed by atoms with Crippen LogP contribution in [-0.2, 0) is 4.79 Å². The molecule has 0 saturated carbocycles. The first-order valence-corrected chi connectivity index (χ1v) is 10.5. The van der Waals surface area contributed by atoms with Crippen LogP contribution in [0.4, 0.5) is 0 Å². The minimum atomic E-state index is -0.332. The summed E-state index contributed by atoms with van der Waals surface area (Å²) in [4.78, 5) is 11.4. The average molecular weight is 507 g/mol. The molecule has 0 heterocycles. The molecule has 0 fully saturated rings. The number of hydrogen-bond acceptors (Lipinski definition) is 6. The van der Waals surface area contributed by atoms with Gasteiger partial charge in [0.25, 0.3) is 0 Å². The Labute approximate surface area is 199 Å².